The molecule has 10 nitrogen and oxygen atoms in total. The van der Waals surface area contributed by atoms with Crippen LogP contribution in [-0.2, 0) is 16.0 Å². The first kappa shape index (κ1) is 26.6. The van der Waals surface area contributed by atoms with Gasteiger partial charge in [0, 0.05) is 17.1 Å². The first-order valence-corrected chi connectivity index (χ1v) is 12.0. The Labute approximate surface area is 215 Å². The number of rotatable bonds is 10. The zero-order valence-electron chi connectivity index (χ0n) is 19.2. The van der Waals surface area contributed by atoms with Gasteiger partial charge in [-0.25, -0.2) is 0 Å². The summed E-state index contributed by atoms with van der Waals surface area (Å²) in [5, 5.41) is 27.6. The van der Waals surface area contributed by atoms with Crippen molar-refractivity contribution in [1.82, 2.24) is 5.32 Å². The lowest BCUT2D eigenvalue weighted by molar-refractivity contribution is -0.354. The van der Waals surface area contributed by atoms with E-state index in [1.54, 1.807) is 17.5 Å². The fourth-order valence-electron chi connectivity index (χ4n) is 3.49. The summed E-state index contributed by atoms with van der Waals surface area (Å²) in [5.41, 5.74) is 1.23. The van der Waals surface area contributed by atoms with E-state index in [4.69, 9.17) is 21.5 Å². The molecule has 3 aromatic rings. The van der Waals surface area contributed by atoms with Crippen molar-refractivity contribution in [1.29, 1.82) is 0 Å². The van der Waals surface area contributed by atoms with E-state index in [2.05, 4.69) is 10.5 Å². The molecule has 0 spiro atoms. The molecule has 1 heterocycles. The largest absolute Gasteiger partial charge is 0.495 e. The van der Waals surface area contributed by atoms with E-state index in [1.165, 1.54) is 36.6 Å². The van der Waals surface area contributed by atoms with Crippen LogP contribution in [0.4, 0.5) is 5.69 Å². The maximum atomic E-state index is 13.5. The molecule has 12 heteroatoms. The quantitative estimate of drug-likeness (QED) is 0.132. The van der Waals surface area contributed by atoms with Crippen molar-refractivity contribution in [2.45, 2.75) is 18.9 Å². The summed E-state index contributed by atoms with van der Waals surface area (Å²) >= 11 is 7.54. The second-order valence-electron chi connectivity index (χ2n) is 7.48. The maximum absolute atomic E-state index is 13.5. The molecule has 188 valence electrons. The number of benzene rings is 2. The molecule has 0 saturated heterocycles. The van der Waals surface area contributed by atoms with Crippen molar-refractivity contribution in [3.63, 3.8) is 0 Å². The Kier molecular flexibility index (Phi) is 9.37. The molecule has 0 saturated carbocycles. The van der Waals surface area contributed by atoms with Crippen LogP contribution in [-0.4, -0.2) is 41.4 Å². The third-order valence-electron chi connectivity index (χ3n) is 5.19. The molecule has 0 fully saturated rings. The van der Waals surface area contributed by atoms with Crippen LogP contribution in [0.15, 0.2) is 71.2 Å². The highest BCUT2D eigenvalue weighted by Crippen LogP contribution is 2.35. The van der Waals surface area contributed by atoms with Crippen LogP contribution in [0.25, 0.3) is 0 Å². The zero-order chi connectivity index (χ0) is 26.1. The number of anilines is 1. The normalized spacial score (nSPS) is 12.0. The summed E-state index contributed by atoms with van der Waals surface area (Å²) < 4.78 is 5.17. The number of nitrogens with one attached hydrogen (secondary N) is 1. The highest BCUT2D eigenvalue weighted by Gasteiger charge is 2.36. The molecule has 0 bridgehead atoms. The molecule has 2 N–H and O–H groups in total. The minimum Gasteiger partial charge on any atom is -0.495 e. The Morgan fingerprint density at radius 3 is 2.56 bits per heavy atom. The molecule has 36 heavy (non-hydrogen) atoms. The van der Waals surface area contributed by atoms with Crippen LogP contribution in [0.3, 0.4) is 0 Å². The van der Waals surface area contributed by atoms with Gasteiger partial charge in [-0.2, -0.15) is 0 Å². The van der Waals surface area contributed by atoms with E-state index >= 15 is 0 Å². The molecule has 1 unspecified atom stereocenters. The summed E-state index contributed by atoms with van der Waals surface area (Å²) in [5.74, 6) is -1.94. The molecular weight excluding hydrogens is 508 g/mol. The fraction of sp³-hybridized carbons (Fsp3) is 0.208. The fourth-order valence-corrected chi connectivity index (χ4v) is 4.56. The number of amidine groups is 1. The lowest BCUT2D eigenvalue weighted by Crippen LogP contribution is -2.45. The van der Waals surface area contributed by atoms with Gasteiger partial charge in [0.05, 0.1) is 12.1 Å². The van der Waals surface area contributed by atoms with E-state index in [1.807, 2.05) is 30.3 Å². The number of nitro groups is 1. The molecule has 0 aliphatic heterocycles. The van der Waals surface area contributed by atoms with Gasteiger partial charge in [0.25, 0.3) is 0 Å². The van der Waals surface area contributed by atoms with Crippen molar-refractivity contribution in [2.24, 2.45) is 5.16 Å². The zero-order valence-corrected chi connectivity index (χ0v) is 20.7. The molecule has 1 atom stereocenters. The molecule has 3 rings (SSSR count). The van der Waals surface area contributed by atoms with Gasteiger partial charge in [-0.15, -0.1) is 11.3 Å². The van der Waals surface area contributed by atoms with Crippen LogP contribution in [0.2, 0.25) is 5.02 Å². The third kappa shape index (κ3) is 6.58. The number of halogens is 1. The predicted octanol–water partition coefficient (Wildman–Crippen LogP) is 4.30. The van der Waals surface area contributed by atoms with Crippen LogP contribution < -0.4 is 15.0 Å². The summed E-state index contributed by atoms with van der Waals surface area (Å²) in [6, 6.07) is 16.3. The molecule has 0 aliphatic rings. The van der Waals surface area contributed by atoms with E-state index in [0.717, 1.165) is 10.5 Å². The Balaban J connectivity index is 1.98. The molecule has 1 aromatic heterocycles. The molecule has 0 aliphatic carbocycles. The smallest absolute Gasteiger partial charge is 0.394 e. The van der Waals surface area contributed by atoms with Gasteiger partial charge in [-0.1, -0.05) is 48.0 Å². The second-order valence-corrected chi connectivity index (χ2v) is 8.86. The van der Waals surface area contributed by atoms with E-state index in [-0.39, 0.29) is 10.7 Å². The number of hydrogen-bond donors (Lipinski definition) is 2. The molecule has 2 amide bonds. The topological polar surface area (TPSA) is 134 Å². The Bertz CT molecular complexity index is 1240. The first-order valence-electron chi connectivity index (χ1n) is 10.7. The lowest BCUT2D eigenvalue weighted by Gasteiger charge is -2.30. The standard InChI is InChI=1S/C24H23ClN4O6S/c1-35-19-10-9-17(14-18(19)25)28(22(30)15-21(27-32)29(33)34)23(20-8-5-13-36-20)24(31)26-12-11-16-6-3-2-4-7-16/h2-10,13-14,23,32H,11-12,15H2,1H3,(H,26,31)/b27-21-. The van der Waals surface area contributed by atoms with Crippen molar-refractivity contribution in [2.75, 3.05) is 18.6 Å². The van der Waals surface area contributed by atoms with Crippen LogP contribution in [0.1, 0.15) is 22.9 Å². The number of thiophene rings is 1. The van der Waals surface area contributed by atoms with Gasteiger partial charge < -0.3 is 25.4 Å². The molecule has 2 aromatic carbocycles. The summed E-state index contributed by atoms with van der Waals surface area (Å²) in [4.78, 5) is 38.8. The highest BCUT2D eigenvalue weighted by atomic mass is 35.5. The number of oxime groups is 1. The number of ether oxygens (including phenoxy) is 1. The first-order chi connectivity index (χ1) is 17.3. The van der Waals surface area contributed by atoms with Crippen molar-refractivity contribution in [3.05, 3.63) is 91.6 Å². The van der Waals surface area contributed by atoms with Gasteiger partial charge in [-0.3, -0.25) is 14.5 Å². The SMILES string of the molecule is COc1ccc(N(C(=O)C/C(=N/O)[N+](=O)[O-])C(C(=O)NCCc2ccccc2)c2cccs2)cc1Cl. The van der Waals surface area contributed by atoms with Crippen LogP contribution in [0, 0.1) is 10.1 Å². The number of carbonyl (C=O) groups excluding carboxylic acids is 2. The van der Waals surface area contributed by atoms with E-state index in [0.29, 0.717) is 23.6 Å². The Morgan fingerprint density at radius 1 is 1.22 bits per heavy atom. The van der Waals surface area contributed by atoms with Gasteiger partial charge >= 0.3 is 5.84 Å². The minimum atomic E-state index is -1.16. The highest BCUT2D eigenvalue weighted by molar-refractivity contribution is 7.10. The minimum absolute atomic E-state index is 0.174. The van der Waals surface area contributed by atoms with Crippen LogP contribution >= 0.6 is 22.9 Å². The maximum Gasteiger partial charge on any atom is 0.394 e. The number of nitrogens with zero attached hydrogens (tertiary/aromatic N) is 3. The molecule has 0 radical (unpaired) electrons. The Morgan fingerprint density at radius 2 is 1.97 bits per heavy atom. The number of carbonyl (C=O) groups is 2. The Hall–Kier alpha value is -3.96. The summed E-state index contributed by atoms with van der Waals surface area (Å²) in [6.07, 6.45) is -0.291. The van der Waals surface area contributed by atoms with Gasteiger partial charge in [0.15, 0.2) is 5.16 Å². The monoisotopic (exact) mass is 530 g/mol. The molecular formula is C24H23ClN4O6S. The third-order valence-corrected chi connectivity index (χ3v) is 6.41. The van der Waals surface area contributed by atoms with Crippen molar-refractivity contribution in [3.8, 4) is 5.75 Å². The second kappa shape index (κ2) is 12.7. The average Bonchev–Trinajstić information content (AvgIpc) is 3.40. The van der Waals surface area contributed by atoms with E-state index < -0.39 is 35.0 Å². The van der Waals surface area contributed by atoms with Gasteiger partial charge in [0.2, 0.25) is 11.8 Å². The predicted molar refractivity (Wildman–Crippen MR) is 137 cm³/mol. The summed E-state index contributed by atoms with van der Waals surface area (Å²) in [6.45, 7) is 0.300. The van der Waals surface area contributed by atoms with Gasteiger partial charge in [-0.05, 0) is 46.6 Å². The number of amides is 2. The average molecular weight is 531 g/mol. The summed E-state index contributed by atoms with van der Waals surface area (Å²) in [7, 11) is 1.43. The van der Waals surface area contributed by atoms with Crippen molar-refractivity contribution >= 4 is 46.3 Å². The van der Waals surface area contributed by atoms with Crippen molar-refractivity contribution < 1.29 is 24.5 Å². The number of methoxy groups -OCH3 is 1. The lowest BCUT2D eigenvalue weighted by atomic mass is 10.1. The van der Waals surface area contributed by atoms with Crippen LogP contribution in [0.5, 0.6) is 5.75 Å². The number of hydrogen-bond acceptors (Lipinski definition) is 8. The van der Waals surface area contributed by atoms with E-state index in [9.17, 15) is 19.7 Å². The van der Waals surface area contributed by atoms with Gasteiger partial charge in [0.1, 0.15) is 18.2 Å².